The Morgan fingerprint density at radius 2 is 1.68 bits per heavy atom. The number of methoxy groups -OCH3 is 1. The number of carbonyl (C=O) groups is 2. The summed E-state index contributed by atoms with van der Waals surface area (Å²) in [5, 5.41) is 3.12. The van der Waals surface area contributed by atoms with Crippen LogP contribution in [0.15, 0.2) is 72.8 Å². The highest BCUT2D eigenvalue weighted by atomic mass is 35.5. The van der Waals surface area contributed by atoms with E-state index in [0.29, 0.717) is 6.54 Å². The summed E-state index contributed by atoms with van der Waals surface area (Å²) in [5.41, 5.74) is 1.02. The molecule has 0 saturated carbocycles. The predicted molar refractivity (Wildman–Crippen MR) is 159 cm³/mol. The van der Waals surface area contributed by atoms with Crippen LogP contribution in [0.5, 0.6) is 5.75 Å². The Morgan fingerprint density at radius 1 is 1.02 bits per heavy atom. The monoisotopic (exact) mass is 603 g/mol. The highest BCUT2D eigenvalue weighted by Gasteiger charge is 2.34. The summed E-state index contributed by atoms with van der Waals surface area (Å²) >= 11 is 6.17. The van der Waals surface area contributed by atoms with Gasteiger partial charge in [0, 0.05) is 30.1 Å². The Hall–Kier alpha value is -3.63. The molecule has 0 spiro atoms. The standard InChI is InChI=1S/C30H35ClFN3O5S/c1-21(2)18-33-30(37)27(16-22-10-6-5-7-11-22)34(19-23-12-8-9-13-25(23)32)29(36)20-35(41(4,38)39)26-17-24(31)14-15-28(26)40-3/h5-15,17,21,27H,16,18-20H2,1-4H3,(H,33,37). The van der Waals surface area contributed by atoms with Gasteiger partial charge in [-0.05, 0) is 35.7 Å². The van der Waals surface area contributed by atoms with Crippen molar-refractivity contribution in [3.8, 4) is 5.75 Å². The number of benzene rings is 3. The minimum atomic E-state index is -4.03. The number of anilines is 1. The van der Waals surface area contributed by atoms with E-state index >= 15 is 0 Å². The van der Waals surface area contributed by atoms with Crippen LogP contribution in [0.1, 0.15) is 25.0 Å². The van der Waals surface area contributed by atoms with Crippen molar-refractivity contribution in [2.24, 2.45) is 5.92 Å². The van der Waals surface area contributed by atoms with Gasteiger partial charge in [-0.1, -0.05) is 74.0 Å². The van der Waals surface area contributed by atoms with Gasteiger partial charge in [-0.2, -0.15) is 0 Å². The van der Waals surface area contributed by atoms with E-state index in [1.54, 1.807) is 6.07 Å². The molecule has 1 atom stereocenters. The molecule has 0 aliphatic carbocycles. The van der Waals surface area contributed by atoms with E-state index < -0.39 is 40.2 Å². The van der Waals surface area contributed by atoms with E-state index in [0.717, 1.165) is 16.1 Å². The van der Waals surface area contributed by atoms with E-state index in [2.05, 4.69) is 5.32 Å². The SMILES string of the molecule is COc1ccc(Cl)cc1N(CC(=O)N(Cc1ccccc1F)C(Cc1ccccc1)C(=O)NCC(C)C)S(C)(=O)=O. The second-order valence-electron chi connectivity index (χ2n) is 10.0. The van der Waals surface area contributed by atoms with Gasteiger partial charge in [0.05, 0.1) is 19.1 Å². The minimum absolute atomic E-state index is 0.0607. The molecule has 0 heterocycles. The lowest BCUT2D eigenvalue weighted by Crippen LogP contribution is -2.53. The average Bonchev–Trinajstić information content (AvgIpc) is 2.93. The van der Waals surface area contributed by atoms with Crippen molar-refractivity contribution in [2.75, 3.05) is 30.8 Å². The van der Waals surface area contributed by atoms with E-state index in [9.17, 15) is 22.4 Å². The molecule has 0 radical (unpaired) electrons. The summed E-state index contributed by atoms with van der Waals surface area (Å²) in [6, 6.07) is 18.4. The van der Waals surface area contributed by atoms with Gasteiger partial charge in [0.25, 0.3) is 0 Å². The molecule has 3 rings (SSSR count). The van der Waals surface area contributed by atoms with Crippen molar-refractivity contribution < 1.29 is 27.1 Å². The normalized spacial score (nSPS) is 12.1. The van der Waals surface area contributed by atoms with Crippen LogP contribution >= 0.6 is 11.6 Å². The molecule has 0 bridgehead atoms. The van der Waals surface area contributed by atoms with Crippen LogP contribution in [0.25, 0.3) is 0 Å². The first-order chi connectivity index (χ1) is 19.4. The highest BCUT2D eigenvalue weighted by molar-refractivity contribution is 7.92. The second-order valence-corrected chi connectivity index (χ2v) is 12.4. The Bertz CT molecular complexity index is 1450. The largest absolute Gasteiger partial charge is 0.495 e. The average molecular weight is 604 g/mol. The molecule has 0 fully saturated rings. The number of nitrogens with zero attached hydrogens (tertiary/aromatic N) is 2. The molecule has 3 aromatic rings. The van der Waals surface area contributed by atoms with Crippen molar-refractivity contribution in [1.82, 2.24) is 10.2 Å². The first-order valence-corrected chi connectivity index (χ1v) is 15.3. The van der Waals surface area contributed by atoms with Crippen molar-refractivity contribution in [2.45, 2.75) is 32.9 Å². The zero-order valence-electron chi connectivity index (χ0n) is 23.5. The molecule has 0 aliphatic heterocycles. The highest BCUT2D eigenvalue weighted by Crippen LogP contribution is 2.33. The Kier molecular flexibility index (Phi) is 11.1. The van der Waals surface area contributed by atoms with Crippen LogP contribution < -0.4 is 14.4 Å². The van der Waals surface area contributed by atoms with Crippen LogP contribution in [0.2, 0.25) is 5.02 Å². The fraction of sp³-hybridized carbons (Fsp3) is 0.333. The van der Waals surface area contributed by atoms with E-state index in [1.807, 2.05) is 44.2 Å². The van der Waals surface area contributed by atoms with Gasteiger partial charge in [-0.25, -0.2) is 12.8 Å². The van der Waals surface area contributed by atoms with Crippen LogP contribution in [-0.4, -0.2) is 57.6 Å². The van der Waals surface area contributed by atoms with Crippen LogP contribution in [0, 0.1) is 11.7 Å². The lowest BCUT2D eigenvalue weighted by Gasteiger charge is -2.34. The third-order valence-corrected chi connectivity index (χ3v) is 7.70. The van der Waals surface area contributed by atoms with Crippen LogP contribution in [0.4, 0.5) is 10.1 Å². The van der Waals surface area contributed by atoms with Gasteiger partial charge in [0.1, 0.15) is 24.2 Å². The number of hydrogen-bond donors (Lipinski definition) is 1. The van der Waals surface area contributed by atoms with E-state index in [4.69, 9.17) is 16.3 Å². The molecule has 0 aromatic heterocycles. The fourth-order valence-corrected chi connectivity index (χ4v) is 5.25. The Morgan fingerprint density at radius 3 is 2.29 bits per heavy atom. The summed E-state index contributed by atoms with van der Waals surface area (Å²) < 4.78 is 47.0. The van der Waals surface area contributed by atoms with Gasteiger partial charge in [0.15, 0.2) is 0 Å². The van der Waals surface area contributed by atoms with Crippen molar-refractivity contribution in [3.63, 3.8) is 0 Å². The number of sulfonamides is 1. The number of rotatable bonds is 13. The molecule has 0 saturated heterocycles. The molecule has 2 amide bonds. The fourth-order valence-electron chi connectivity index (χ4n) is 4.24. The van der Waals surface area contributed by atoms with Crippen LogP contribution in [0.3, 0.4) is 0 Å². The maximum Gasteiger partial charge on any atom is 0.244 e. The number of ether oxygens (including phenoxy) is 1. The predicted octanol–water partition coefficient (Wildman–Crippen LogP) is 4.67. The van der Waals surface area contributed by atoms with Gasteiger partial charge in [-0.3, -0.25) is 13.9 Å². The summed E-state index contributed by atoms with van der Waals surface area (Å²) in [6.45, 7) is 3.31. The Labute approximate surface area is 246 Å². The summed E-state index contributed by atoms with van der Waals surface area (Å²) in [5.74, 6) is -1.37. The van der Waals surface area contributed by atoms with Crippen LogP contribution in [-0.2, 0) is 32.6 Å². The Balaban J connectivity index is 2.10. The molecule has 3 aromatic carbocycles. The minimum Gasteiger partial charge on any atom is -0.495 e. The number of amides is 2. The van der Waals surface area contributed by atoms with Gasteiger partial charge >= 0.3 is 0 Å². The number of carbonyl (C=O) groups excluding carboxylic acids is 2. The summed E-state index contributed by atoms with van der Waals surface area (Å²) in [6.07, 6.45) is 1.09. The van der Waals surface area contributed by atoms with Gasteiger partial charge in [0.2, 0.25) is 21.8 Å². The third kappa shape index (κ3) is 8.93. The summed E-state index contributed by atoms with van der Waals surface area (Å²) in [4.78, 5) is 28.9. The number of nitrogens with one attached hydrogen (secondary N) is 1. The zero-order chi connectivity index (χ0) is 30.2. The lowest BCUT2D eigenvalue weighted by molar-refractivity contribution is -0.140. The van der Waals surface area contributed by atoms with Crippen molar-refractivity contribution in [1.29, 1.82) is 0 Å². The first-order valence-electron chi connectivity index (χ1n) is 13.1. The second kappa shape index (κ2) is 14.3. The molecule has 0 aliphatic rings. The quantitative estimate of drug-likeness (QED) is 0.306. The lowest BCUT2D eigenvalue weighted by atomic mass is 10.0. The van der Waals surface area contributed by atoms with Gasteiger partial charge in [-0.15, -0.1) is 0 Å². The smallest absolute Gasteiger partial charge is 0.244 e. The molecule has 8 nitrogen and oxygen atoms in total. The maximum atomic E-state index is 14.8. The zero-order valence-corrected chi connectivity index (χ0v) is 25.1. The topological polar surface area (TPSA) is 96.0 Å². The first kappa shape index (κ1) is 31.9. The third-order valence-electron chi connectivity index (χ3n) is 6.34. The van der Waals surface area contributed by atoms with Crippen molar-refractivity contribution >= 4 is 39.1 Å². The molecule has 1 N–H and O–H groups in total. The maximum absolute atomic E-state index is 14.8. The molecular formula is C30H35ClFN3O5S. The molecule has 1 unspecified atom stereocenters. The molecule has 220 valence electrons. The number of halogens is 2. The molecule has 11 heteroatoms. The van der Waals surface area contributed by atoms with Gasteiger partial charge < -0.3 is 15.0 Å². The number of hydrogen-bond acceptors (Lipinski definition) is 5. The molecular weight excluding hydrogens is 569 g/mol. The van der Waals surface area contributed by atoms with E-state index in [-0.39, 0.29) is 40.9 Å². The van der Waals surface area contributed by atoms with E-state index in [1.165, 1.54) is 48.4 Å². The van der Waals surface area contributed by atoms with Crippen molar-refractivity contribution in [3.05, 3.63) is 94.8 Å². The molecule has 41 heavy (non-hydrogen) atoms. The summed E-state index contributed by atoms with van der Waals surface area (Å²) in [7, 11) is -2.66.